The first-order chi connectivity index (χ1) is 17.6. The Morgan fingerprint density at radius 3 is 2.38 bits per heavy atom. The molecular formula is C28H24ClN3O5. The minimum Gasteiger partial charge on any atom is -0.484 e. The van der Waals surface area contributed by atoms with Crippen molar-refractivity contribution in [3.05, 3.63) is 93.5 Å². The maximum absolute atomic E-state index is 13.0. The van der Waals surface area contributed by atoms with Crippen LogP contribution in [0.15, 0.2) is 66.2 Å². The number of carbonyl (C=O) groups is 4. The molecule has 3 aromatic carbocycles. The second-order valence-corrected chi connectivity index (χ2v) is 9.02. The van der Waals surface area contributed by atoms with Crippen LogP contribution in [-0.4, -0.2) is 30.4 Å². The zero-order valence-electron chi connectivity index (χ0n) is 20.4. The van der Waals surface area contributed by atoms with Crippen molar-refractivity contribution in [3.63, 3.8) is 0 Å². The Hall–Kier alpha value is -4.43. The minimum atomic E-state index is -0.852. The fourth-order valence-corrected chi connectivity index (χ4v) is 3.90. The number of nitrogens with one attached hydrogen (secondary N) is 2. The van der Waals surface area contributed by atoms with E-state index >= 15 is 0 Å². The first kappa shape index (κ1) is 25.7. The summed E-state index contributed by atoms with van der Waals surface area (Å²) >= 11 is 6.15. The van der Waals surface area contributed by atoms with Crippen molar-refractivity contribution < 1.29 is 23.9 Å². The van der Waals surface area contributed by atoms with Crippen molar-refractivity contribution in [2.75, 3.05) is 16.8 Å². The lowest BCUT2D eigenvalue weighted by atomic mass is 10.1. The molecule has 2 N–H and O–H groups in total. The molecule has 188 valence electrons. The van der Waals surface area contributed by atoms with Gasteiger partial charge in [0.1, 0.15) is 11.3 Å². The van der Waals surface area contributed by atoms with Gasteiger partial charge in [-0.2, -0.15) is 0 Å². The lowest BCUT2D eigenvalue weighted by Crippen LogP contribution is -2.54. The summed E-state index contributed by atoms with van der Waals surface area (Å²) in [5, 5.41) is 5.38. The molecule has 4 rings (SSSR count). The van der Waals surface area contributed by atoms with Crippen LogP contribution in [0.1, 0.15) is 22.3 Å². The smallest absolute Gasteiger partial charge is 0.335 e. The number of halogens is 1. The molecule has 0 aromatic heterocycles. The summed E-state index contributed by atoms with van der Waals surface area (Å²) in [6.07, 6.45) is 1.38. The van der Waals surface area contributed by atoms with Crippen molar-refractivity contribution in [3.8, 4) is 5.75 Å². The standard InChI is InChI=1S/C28H24ClN3O5/c1-16-4-11-24(18(3)12-16)30-25(33)15-37-21-9-6-19(7-10-21)13-22-26(34)31-28(36)32(27(22)35)20-8-5-17(2)23(29)14-20/h4-14H,15H2,1-3H3,(H,30,33)(H,31,34,36)/b22-13+. The number of anilines is 2. The highest BCUT2D eigenvalue weighted by Crippen LogP contribution is 2.27. The van der Waals surface area contributed by atoms with E-state index in [-0.39, 0.29) is 23.8 Å². The Bertz CT molecular complexity index is 1450. The van der Waals surface area contributed by atoms with Crippen LogP contribution in [0.4, 0.5) is 16.2 Å². The van der Waals surface area contributed by atoms with E-state index in [4.69, 9.17) is 16.3 Å². The molecule has 8 nitrogen and oxygen atoms in total. The molecule has 9 heteroatoms. The number of carbonyl (C=O) groups excluding carboxylic acids is 4. The van der Waals surface area contributed by atoms with Gasteiger partial charge >= 0.3 is 6.03 Å². The van der Waals surface area contributed by atoms with Crippen molar-refractivity contribution in [2.45, 2.75) is 20.8 Å². The maximum Gasteiger partial charge on any atom is 0.335 e. The van der Waals surface area contributed by atoms with E-state index < -0.39 is 17.8 Å². The van der Waals surface area contributed by atoms with E-state index in [0.717, 1.165) is 27.3 Å². The third-order valence-corrected chi connectivity index (χ3v) is 6.14. The number of aryl methyl sites for hydroxylation is 3. The number of nitrogens with zero attached hydrogens (tertiary/aromatic N) is 1. The molecule has 0 unspecified atom stereocenters. The molecular weight excluding hydrogens is 494 g/mol. The topological polar surface area (TPSA) is 105 Å². The van der Waals surface area contributed by atoms with Gasteiger partial charge in [0, 0.05) is 10.7 Å². The number of rotatable bonds is 6. The molecule has 1 aliphatic heterocycles. The summed E-state index contributed by atoms with van der Waals surface area (Å²) in [7, 11) is 0. The lowest BCUT2D eigenvalue weighted by molar-refractivity contribution is -0.122. The van der Waals surface area contributed by atoms with Gasteiger partial charge in [0.05, 0.1) is 5.69 Å². The summed E-state index contributed by atoms with van der Waals surface area (Å²) in [6.45, 7) is 5.50. The number of imide groups is 2. The minimum absolute atomic E-state index is 0.190. The number of benzene rings is 3. The monoisotopic (exact) mass is 517 g/mol. The largest absolute Gasteiger partial charge is 0.484 e. The number of amides is 5. The summed E-state index contributed by atoms with van der Waals surface area (Å²) in [4.78, 5) is 51.0. The van der Waals surface area contributed by atoms with Crippen LogP contribution < -0.4 is 20.3 Å². The van der Waals surface area contributed by atoms with E-state index in [0.29, 0.717) is 16.3 Å². The summed E-state index contributed by atoms with van der Waals surface area (Å²) in [5.41, 5.74) is 4.13. The van der Waals surface area contributed by atoms with Gasteiger partial charge in [0.25, 0.3) is 17.7 Å². The Kier molecular flexibility index (Phi) is 7.40. The SMILES string of the molecule is Cc1ccc(NC(=O)COc2ccc(/C=C3\C(=O)NC(=O)N(c4ccc(C)c(Cl)c4)C3=O)cc2)c(C)c1. The fraction of sp³-hybridized carbons (Fsp3) is 0.143. The van der Waals surface area contributed by atoms with Gasteiger partial charge in [0.2, 0.25) is 0 Å². The first-order valence-corrected chi connectivity index (χ1v) is 11.8. The van der Waals surface area contributed by atoms with E-state index in [2.05, 4.69) is 10.6 Å². The van der Waals surface area contributed by atoms with E-state index in [9.17, 15) is 19.2 Å². The highest BCUT2D eigenvalue weighted by Gasteiger charge is 2.36. The second kappa shape index (κ2) is 10.7. The molecule has 37 heavy (non-hydrogen) atoms. The van der Waals surface area contributed by atoms with Crippen LogP contribution in [0.25, 0.3) is 6.08 Å². The molecule has 0 aliphatic carbocycles. The average Bonchev–Trinajstić information content (AvgIpc) is 2.85. The molecule has 0 saturated carbocycles. The molecule has 3 aromatic rings. The third kappa shape index (κ3) is 5.87. The molecule has 1 fully saturated rings. The molecule has 1 heterocycles. The number of ether oxygens (including phenoxy) is 1. The summed E-state index contributed by atoms with van der Waals surface area (Å²) < 4.78 is 5.56. The van der Waals surface area contributed by atoms with E-state index in [1.165, 1.54) is 12.1 Å². The lowest BCUT2D eigenvalue weighted by Gasteiger charge is -2.26. The van der Waals surface area contributed by atoms with Gasteiger partial charge in [-0.05, 0) is 73.9 Å². The maximum atomic E-state index is 13.0. The third-order valence-electron chi connectivity index (χ3n) is 5.73. The summed E-state index contributed by atoms with van der Waals surface area (Å²) in [5.74, 6) is -1.43. The summed E-state index contributed by atoms with van der Waals surface area (Å²) in [6, 6.07) is 16.1. The highest BCUT2D eigenvalue weighted by molar-refractivity contribution is 6.39. The predicted molar refractivity (Wildman–Crippen MR) is 142 cm³/mol. The van der Waals surface area contributed by atoms with Crippen molar-refractivity contribution in [1.82, 2.24) is 5.32 Å². The zero-order valence-corrected chi connectivity index (χ0v) is 21.2. The Labute approximate surface area is 218 Å². The molecule has 0 bridgehead atoms. The Morgan fingerprint density at radius 2 is 1.70 bits per heavy atom. The predicted octanol–water partition coefficient (Wildman–Crippen LogP) is 4.95. The normalized spacial score (nSPS) is 14.5. The zero-order chi connectivity index (χ0) is 26.7. The molecule has 0 radical (unpaired) electrons. The number of barbiturate groups is 1. The highest BCUT2D eigenvalue weighted by atomic mass is 35.5. The Balaban J connectivity index is 1.44. The van der Waals surface area contributed by atoms with Crippen LogP contribution in [0.5, 0.6) is 5.75 Å². The van der Waals surface area contributed by atoms with Gasteiger partial charge in [-0.3, -0.25) is 19.7 Å². The van der Waals surface area contributed by atoms with Crippen molar-refractivity contribution in [1.29, 1.82) is 0 Å². The number of hydrogen-bond donors (Lipinski definition) is 2. The molecule has 0 spiro atoms. The van der Waals surface area contributed by atoms with Gasteiger partial charge in [-0.15, -0.1) is 0 Å². The first-order valence-electron chi connectivity index (χ1n) is 11.4. The van der Waals surface area contributed by atoms with Gasteiger partial charge in [0.15, 0.2) is 6.61 Å². The van der Waals surface area contributed by atoms with Gasteiger partial charge in [-0.25, -0.2) is 9.69 Å². The quantitative estimate of drug-likeness (QED) is 0.355. The van der Waals surface area contributed by atoms with Gasteiger partial charge < -0.3 is 10.1 Å². The molecule has 0 atom stereocenters. The number of urea groups is 1. The average molecular weight is 518 g/mol. The molecule has 1 saturated heterocycles. The van der Waals surface area contributed by atoms with Crippen molar-refractivity contribution >= 4 is 52.8 Å². The van der Waals surface area contributed by atoms with E-state index in [1.807, 2.05) is 32.0 Å². The van der Waals surface area contributed by atoms with Crippen LogP contribution in [0.2, 0.25) is 5.02 Å². The van der Waals surface area contributed by atoms with Crippen LogP contribution in [-0.2, 0) is 14.4 Å². The Morgan fingerprint density at radius 1 is 0.973 bits per heavy atom. The van der Waals surface area contributed by atoms with Crippen LogP contribution in [0, 0.1) is 20.8 Å². The second-order valence-electron chi connectivity index (χ2n) is 8.62. The fourth-order valence-electron chi connectivity index (χ4n) is 3.73. The molecule has 5 amide bonds. The number of hydrogen-bond acceptors (Lipinski definition) is 5. The van der Waals surface area contributed by atoms with E-state index in [1.54, 1.807) is 43.3 Å². The van der Waals surface area contributed by atoms with Crippen LogP contribution in [0.3, 0.4) is 0 Å². The van der Waals surface area contributed by atoms with Gasteiger partial charge in [-0.1, -0.05) is 47.5 Å². The van der Waals surface area contributed by atoms with Crippen LogP contribution >= 0.6 is 11.6 Å². The van der Waals surface area contributed by atoms with Crippen molar-refractivity contribution in [2.24, 2.45) is 0 Å². The molecule has 1 aliphatic rings.